The molecule has 0 spiro atoms. The molecule has 5 rings (SSSR count). The maximum atomic E-state index is 12.0. The predicted octanol–water partition coefficient (Wildman–Crippen LogP) is 3.52. The van der Waals surface area contributed by atoms with Crippen molar-refractivity contribution in [2.24, 2.45) is 0 Å². The summed E-state index contributed by atoms with van der Waals surface area (Å²) >= 11 is 1.58. The summed E-state index contributed by atoms with van der Waals surface area (Å²) in [5, 5.41) is 9.68. The van der Waals surface area contributed by atoms with Crippen LogP contribution in [0.15, 0.2) is 52.5 Å². The first-order valence-corrected chi connectivity index (χ1v) is 10.3. The van der Waals surface area contributed by atoms with Gasteiger partial charge >= 0.3 is 5.97 Å². The third kappa shape index (κ3) is 3.53. The molecule has 0 atom stereocenters. The fourth-order valence-electron chi connectivity index (χ4n) is 3.30. The maximum absolute atomic E-state index is 12.0. The van der Waals surface area contributed by atoms with E-state index in [1.165, 1.54) is 7.11 Å². The van der Waals surface area contributed by atoms with Crippen LogP contribution in [0.4, 0.5) is 0 Å². The van der Waals surface area contributed by atoms with E-state index in [-0.39, 0.29) is 0 Å². The van der Waals surface area contributed by atoms with Crippen LogP contribution in [0.25, 0.3) is 5.65 Å². The summed E-state index contributed by atoms with van der Waals surface area (Å²) < 4.78 is 14.3. The summed E-state index contributed by atoms with van der Waals surface area (Å²) in [4.78, 5) is 16.6. The fraction of sp³-hybridized carbons (Fsp3) is 0.300. The number of pyridine rings is 1. The zero-order valence-corrected chi connectivity index (χ0v) is 16.6. The molecule has 0 aliphatic heterocycles. The van der Waals surface area contributed by atoms with Crippen LogP contribution >= 0.6 is 11.8 Å². The molecule has 0 amide bonds. The lowest BCUT2D eigenvalue weighted by Crippen LogP contribution is -2.05. The number of carbonyl (C=O) groups excluding carboxylic acids is 1. The molecule has 1 aliphatic rings. The molecule has 4 heterocycles. The topological polar surface area (TPSA) is 87.5 Å². The molecule has 0 aromatic carbocycles. The number of aromatic nitrogens is 5. The molecule has 1 saturated carbocycles. The summed E-state index contributed by atoms with van der Waals surface area (Å²) in [6.07, 6.45) is 7.78. The molecule has 9 heteroatoms. The van der Waals surface area contributed by atoms with E-state index in [0.717, 1.165) is 35.3 Å². The molecular weight excluding hydrogens is 390 g/mol. The fourth-order valence-corrected chi connectivity index (χ4v) is 4.13. The van der Waals surface area contributed by atoms with Gasteiger partial charge in [-0.15, -0.1) is 10.2 Å². The first-order valence-electron chi connectivity index (χ1n) is 9.36. The first kappa shape index (κ1) is 18.0. The second-order valence-corrected chi connectivity index (χ2v) is 7.89. The van der Waals surface area contributed by atoms with Gasteiger partial charge in [0.25, 0.3) is 0 Å². The van der Waals surface area contributed by atoms with Crippen molar-refractivity contribution >= 4 is 23.4 Å². The van der Waals surface area contributed by atoms with Crippen molar-refractivity contribution in [1.29, 1.82) is 0 Å². The number of hydrogen-bond donors (Lipinski definition) is 0. The Kier molecular flexibility index (Phi) is 4.59. The third-order valence-electron chi connectivity index (χ3n) is 4.87. The highest BCUT2D eigenvalue weighted by Crippen LogP contribution is 2.40. The average molecular weight is 409 g/mol. The smallest absolute Gasteiger partial charge is 0.341 e. The van der Waals surface area contributed by atoms with Crippen molar-refractivity contribution in [3.05, 3.63) is 65.8 Å². The van der Waals surface area contributed by atoms with Crippen LogP contribution in [0.3, 0.4) is 0 Å². The van der Waals surface area contributed by atoms with Gasteiger partial charge in [0.05, 0.1) is 25.6 Å². The Morgan fingerprint density at radius 3 is 2.97 bits per heavy atom. The van der Waals surface area contributed by atoms with Gasteiger partial charge in [-0.1, -0.05) is 11.8 Å². The molecule has 0 radical (unpaired) electrons. The maximum Gasteiger partial charge on any atom is 0.341 e. The van der Waals surface area contributed by atoms with Crippen molar-refractivity contribution in [1.82, 2.24) is 24.1 Å². The first-order chi connectivity index (χ1) is 14.2. The second kappa shape index (κ2) is 7.40. The van der Waals surface area contributed by atoms with Gasteiger partial charge in [0.15, 0.2) is 10.8 Å². The molecule has 148 valence electrons. The van der Waals surface area contributed by atoms with Gasteiger partial charge in [-0.2, -0.15) is 0 Å². The van der Waals surface area contributed by atoms with Crippen LogP contribution in [-0.2, 0) is 17.0 Å². The molecule has 4 aromatic rings. The number of imidazole rings is 1. The van der Waals surface area contributed by atoms with Crippen molar-refractivity contribution < 1.29 is 13.9 Å². The van der Waals surface area contributed by atoms with Gasteiger partial charge in [0.1, 0.15) is 17.1 Å². The number of methoxy groups -OCH3 is 1. The molecule has 8 nitrogen and oxygen atoms in total. The van der Waals surface area contributed by atoms with Gasteiger partial charge in [-0.3, -0.25) is 4.57 Å². The van der Waals surface area contributed by atoms with E-state index in [4.69, 9.17) is 9.15 Å². The molecule has 1 fully saturated rings. The highest BCUT2D eigenvalue weighted by molar-refractivity contribution is 7.98. The highest BCUT2D eigenvalue weighted by atomic mass is 32.2. The van der Waals surface area contributed by atoms with Gasteiger partial charge in [0.2, 0.25) is 0 Å². The van der Waals surface area contributed by atoms with E-state index in [1.807, 2.05) is 28.9 Å². The molecule has 4 aromatic heterocycles. The minimum Gasteiger partial charge on any atom is -0.467 e. The van der Waals surface area contributed by atoms with Crippen molar-refractivity contribution in [2.45, 2.75) is 36.2 Å². The van der Waals surface area contributed by atoms with E-state index in [2.05, 4.69) is 19.7 Å². The Balaban J connectivity index is 1.39. The number of fused-ring (bicyclic) bond motifs is 1. The lowest BCUT2D eigenvalue weighted by Gasteiger charge is -2.07. The number of ether oxygens (including phenoxy) is 1. The minimum atomic E-state index is -0.396. The standard InChI is InChI=1S/C20H19N5O3S/c1-27-19(26)16-5-2-8-24-10-14(21-18(16)24)12-29-20-23-22-17(13-6-7-13)25(20)11-15-4-3-9-28-15/h2-5,8-10,13H,6-7,11-12H2,1H3. The van der Waals surface area contributed by atoms with E-state index < -0.39 is 5.97 Å². The number of thioether (sulfide) groups is 1. The van der Waals surface area contributed by atoms with E-state index in [9.17, 15) is 4.79 Å². The number of esters is 1. The molecule has 29 heavy (non-hydrogen) atoms. The predicted molar refractivity (Wildman–Crippen MR) is 106 cm³/mol. The minimum absolute atomic E-state index is 0.396. The van der Waals surface area contributed by atoms with Crippen LogP contribution in [-0.4, -0.2) is 37.2 Å². The number of nitrogens with zero attached hydrogens (tertiary/aromatic N) is 5. The van der Waals surface area contributed by atoms with Gasteiger partial charge in [0, 0.05) is 24.1 Å². The molecule has 0 bridgehead atoms. The van der Waals surface area contributed by atoms with Gasteiger partial charge in [-0.25, -0.2) is 9.78 Å². The van der Waals surface area contributed by atoms with Gasteiger partial charge < -0.3 is 13.6 Å². The van der Waals surface area contributed by atoms with Crippen molar-refractivity contribution in [3.63, 3.8) is 0 Å². The second-order valence-electron chi connectivity index (χ2n) is 6.95. The summed E-state index contributed by atoms with van der Waals surface area (Å²) in [7, 11) is 1.37. The molecule has 0 saturated heterocycles. The van der Waals surface area contributed by atoms with E-state index >= 15 is 0 Å². The van der Waals surface area contributed by atoms with E-state index in [1.54, 1.807) is 30.2 Å². The average Bonchev–Trinajstić information content (AvgIpc) is 3.14. The number of hydrogen-bond acceptors (Lipinski definition) is 7. The third-order valence-corrected chi connectivity index (χ3v) is 5.87. The Labute approximate surface area is 170 Å². The molecule has 0 N–H and O–H groups in total. The zero-order valence-electron chi connectivity index (χ0n) is 15.8. The number of carbonyl (C=O) groups is 1. The highest BCUT2D eigenvalue weighted by Gasteiger charge is 2.30. The summed E-state index contributed by atoms with van der Waals surface area (Å²) in [6, 6.07) is 7.37. The number of furan rings is 1. The number of rotatable bonds is 7. The van der Waals surface area contributed by atoms with Crippen LogP contribution in [0.1, 0.15) is 46.4 Å². The van der Waals surface area contributed by atoms with Crippen molar-refractivity contribution in [3.8, 4) is 0 Å². The largest absolute Gasteiger partial charge is 0.467 e. The monoisotopic (exact) mass is 409 g/mol. The summed E-state index contributed by atoms with van der Waals surface area (Å²) in [5.41, 5.74) is 1.89. The summed E-state index contributed by atoms with van der Waals surface area (Å²) in [5.74, 6) is 2.61. The van der Waals surface area contributed by atoms with Gasteiger partial charge in [-0.05, 0) is 37.1 Å². The summed E-state index contributed by atoms with van der Waals surface area (Å²) in [6.45, 7) is 0.617. The molecule has 0 unspecified atom stereocenters. The molecular formula is C20H19N5O3S. The Bertz CT molecular complexity index is 1160. The van der Waals surface area contributed by atoms with E-state index in [0.29, 0.717) is 29.4 Å². The van der Waals surface area contributed by atoms with Crippen molar-refractivity contribution in [2.75, 3.05) is 7.11 Å². The lowest BCUT2D eigenvalue weighted by molar-refractivity contribution is 0.0602. The van der Waals surface area contributed by atoms with Crippen LogP contribution in [0.2, 0.25) is 0 Å². The zero-order chi connectivity index (χ0) is 19.8. The Morgan fingerprint density at radius 1 is 1.31 bits per heavy atom. The Hall–Kier alpha value is -3.07. The Morgan fingerprint density at radius 2 is 2.21 bits per heavy atom. The van der Waals surface area contributed by atoms with Crippen LogP contribution < -0.4 is 0 Å². The normalized spacial score (nSPS) is 13.8. The lowest BCUT2D eigenvalue weighted by atomic mass is 10.3. The quantitative estimate of drug-likeness (QED) is 0.341. The SMILES string of the molecule is COC(=O)c1cccn2cc(CSc3nnc(C4CC4)n3Cc3ccco3)nc12. The van der Waals surface area contributed by atoms with Crippen LogP contribution in [0, 0.1) is 0 Å². The molecule has 1 aliphatic carbocycles. The van der Waals surface area contributed by atoms with Crippen LogP contribution in [0.5, 0.6) is 0 Å².